The average molecular weight is 414 g/mol. The van der Waals surface area contributed by atoms with Gasteiger partial charge in [0.25, 0.3) is 5.91 Å². The zero-order chi connectivity index (χ0) is 21.5. The number of nitrogens with zero attached hydrogens (tertiary/aromatic N) is 1. The number of carbonyl (C=O) groups is 2. The van der Waals surface area contributed by atoms with Gasteiger partial charge in [0.1, 0.15) is 5.82 Å². The largest absolute Gasteiger partial charge is 0.385 e. The van der Waals surface area contributed by atoms with Crippen molar-refractivity contribution in [2.75, 3.05) is 40.5 Å². The first-order valence-electron chi connectivity index (χ1n) is 9.99. The smallest absolute Gasteiger partial charge is 0.254 e. The molecule has 0 fully saturated rings. The van der Waals surface area contributed by atoms with Gasteiger partial charge in [-0.05, 0) is 35.7 Å². The average Bonchev–Trinajstić information content (AvgIpc) is 2.76. The molecule has 1 N–H and O–H groups in total. The number of rotatable bonds is 9. The van der Waals surface area contributed by atoms with E-state index in [-0.39, 0.29) is 17.6 Å². The third-order valence-corrected chi connectivity index (χ3v) is 5.29. The fraction of sp³-hybridized carbons (Fsp3) is 0.391. The number of hydrogen-bond donors (Lipinski definition) is 1. The molecule has 30 heavy (non-hydrogen) atoms. The molecule has 1 aliphatic heterocycles. The highest BCUT2D eigenvalue weighted by Crippen LogP contribution is 2.42. The van der Waals surface area contributed by atoms with Gasteiger partial charge < -0.3 is 19.7 Å². The second-order valence-corrected chi connectivity index (χ2v) is 7.19. The molecule has 160 valence electrons. The summed E-state index contributed by atoms with van der Waals surface area (Å²) in [6.45, 7) is 1.65. The van der Waals surface area contributed by atoms with E-state index in [2.05, 4.69) is 5.32 Å². The number of carbonyl (C=O) groups excluding carboxylic acids is 2. The molecule has 2 aromatic carbocycles. The van der Waals surface area contributed by atoms with E-state index < -0.39 is 12.0 Å². The van der Waals surface area contributed by atoms with Gasteiger partial charge in [-0.15, -0.1) is 0 Å². The summed E-state index contributed by atoms with van der Waals surface area (Å²) in [5.41, 5.74) is 1.88. The van der Waals surface area contributed by atoms with Gasteiger partial charge in [0.2, 0.25) is 5.91 Å². The molecule has 0 saturated carbocycles. The van der Waals surface area contributed by atoms with Crippen LogP contribution in [0.2, 0.25) is 0 Å². The van der Waals surface area contributed by atoms with Crippen LogP contribution in [0.15, 0.2) is 48.5 Å². The Kier molecular flexibility index (Phi) is 7.54. The fourth-order valence-electron chi connectivity index (χ4n) is 3.88. The molecule has 2 aromatic rings. The lowest BCUT2D eigenvalue weighted by atomic mass is 9.79. The van der Waals surface area contributed by atoms with Gasteiger partial charge in [-0.25, -0.2) is 4.39 Å². The van der Waals surface area contributed by atoms with Crippen LogP contribution in [0.4, 0.5) is 4.39 Å². The van der Waals surface area contributed by atoms with Crippen molar-refractivity contribution in [3.63, 3.8) is 0 Å². The molecule has 7 heteroatoms. The molecule has 0 spiro atoms. The number of nitrogens with one attached hydrogen (secondary N) is 1. The highest BCUT2D eigenvalue weighted by atomic mass is 19.1. The molecule has 2 unspecified atom stereocenters. The van der Waals surface area contributed by atoms with Crippen LogP contribution in [0.1, 0.15) is 39.9 Å². The van der Waals surface area contributed by atoms with Gasteiger partial charge in [-0.1, -0.05) is 30.3 Å². The maximum absolute atomic E-state index is 13.6. The zero-order valence-electron chi connectivity index (χ0n) is 17.3. The van der Waals surface area contributed by atoms with E-state index in [0.717, 1.165) is 0 Å². The predicted molar refractivity (Wildman–Crippen MR) is 111 cm³/mol. The molecule has 0 aromatic heterocycles. The fourth-order valence-corrected chi connectivity index (χ4v) is 3.88. The van der Waals surface area contributed by atoms with Gasteiger partial charge in [0.15, 0.2) is 0 Å². The second kappa shape index (κ2) is 10.3. The summed E-state index contributed by atoms with van der Waals surface area (Å²) in [6, 6.07) is 12.6. The highest BCUT2D eigenvalue weighted by Gasteiger charge is 2.43. The Hall–Kier alpha value is -2.77. The maximum atomic E-state index is 13.6. The molecule has 0 saturated heterocycles. The summed E-state index contributed by atoms with van der Waals surface area (Å²) in [4.78, 5) is 28.2. The number of halogens is 1. The SMILES string of the molecule is COCCCNC(=O)C1c2ccccc2C(=O)N(CCOC)C1c1ccc(F)cc1. The van der Waals surface area contributed by atoms with E-state index in [0.29, 0.717) is 49.4 Å². The Balaban J connectivity index is 2.04. The third kappa shape index (κ3) is 4.68. The molecule has 0 aliphatic carbocycles. The second-order valence-electron chi connectivity index (χ2n) is 7.19. The topological polar surface area (TPSA) is 67.9 Å². The first-order chi connectivity index (χ1) is 14.6. The van der Waals surface area contributed by atoms with Crippen molar-refractivity contribution >= 4 is 11.8 Å². The predicted octanol–water partition coefficient (Wildman–Crippen LogP) is 2.91. The van der Waals surface area contributed by atoms with Gasteiger partial charge in [-0.2, -0.15) is 0 Å². The summed E-state index contributed by atoms with van der Waals surface area (Å²) in [6.07, 6.45) is 0.685. The van der Waals surface area contributed by atoms with Gasteiger partial charge >= 0.3 is 0 Å². The summed E-state index contributed by atoms with van der Waals surface area (Å²) < 4.78 is 23.8. The van der Waals surface area contributed by atoms with Crippen LogP contribution < -0.4 is 5.32 Å². The molecule has 3 rings (SSSR count). The monoisotopic (exact) mass is 414 g/mol. The van der Waals surface area contributed by atoms with Crippen molar-refractivity contribution in [1.82, 2.24) is 10.2 Å². The zero-order valence-corrected chi connectivity index (χ0v) is 17.3. The highest BCUT2D eigenvalue weighted by molar-refractivity contribution is 6.01. The molecule has 1 aliphatic rings. The van der Waals surface area contributed by atoms with Crippen molar-refractivity contribution in [2.24, 2.45) is 0 Å². The minimum absolute atomic E-state index is 0.166. The minimum atomic E-state index is -0.622. The Morgan fingerprint density at radius 1 is 1.07 bits per heavy atom. The molecule has 1 heterocycles. The van der Waals surface area contributed by atoms with E-state index >= 15 is 0 Å². The summed E-state index contributed by atoms with van der Waals surface area (Å²) in [5, 5.41) is 2.97. The van der Waals surface area contributed by atoms with Crippen molar-refractivity contribution in [1.29, 1.82) is 0 Å². The number of methoxy groups -OCH3 is 2. The first-order valence-corrected chi connectivity index (χ1v) is 9.99. The minimum Gasteiger partial charge on any atom is -0.385 e. The Morgan fingerprint density at radius 3 is 2.47 bits per heavy atom. The Morgan fingerprint density at radius 2 is 1.77 bits per heavy atom. The van der Waals surface area contributed by atoms with Crippen molar-refractivity contribution in [3.8, 4) is 0 Å². The van der Waals surface area contributed by atoms with E-state index in [1.165, 1.54) is 12.1 Å². The van der Waals surface area contributed by atoms with Crippen LogP contribution in [0.25, 0.3) is 0 Å². The molecular weight excluding hydrogens is 387 g/mol. The number of benzene rings is 2. The molecule has 0 bridgehead atoms. The summed E-state index contributed by atoms with van der Waals surface area (Å²) in [7, 11) is 3.18. The van der Waals surface area contributed by atoms with E-state index in [9.17, 15) is 14.0 Å². The molecular formula is C23H27FN2O4. The first kappa shape index (κ1) is 21.9. The Bertz CT molecular complexity index is 872. The standard InChI is InChI=1S/C23H27FN2O4/c1-29-14-5-12-25-22(27)20-18-6-3-4-7-19(18)23(28)26(13-15-30-2)21(20)16-8-10-17(24)11-9-16/h3-4,6-11,20-21H,5,12-15H2,1-2H3,(H,25,27). The Labute approximate surface area is 176 Å². The normalized spacial score (nSPS) is 18.2. The lowest BCUT2D eigenvalue weighted by molar-refractivity contribution is -0.124. The molecule has 2 amide bonds. The summed E-state index contributed by atoms with van der Waals surface area (Å²) >= 11 is 0. The van der Waals surface area contributed by atoms with Crippen LogP contribution in [-0.4, -0.2) is 57.2 Å². The number of ether oxygens (including phenoxy) is 2. The molecule has 6 nitrogen and oxygen atoms in total. The van der Waals surface area contributed by atoms with Crippen LogP contribution >= 0.6 is 0 Å². The van der Waals surface area contributed by atoms with Crippen molar-refractivity contribution in [2.45, 2.75) is 18.4 Å². The van der Waals surface area contributed by atoms with Crippen LogP contribution in [-0.2, 0) is 14.3 Å². The number of fused-ring (bicyclic) bond motifs is 1. The number of hydrogen-bond acceptors (Lipinski definition) is 4. The van der Waals surface area contributed by atoms with Gasteiger partial charge in [0, 0.05) is 39.5 Å². The van der Waals surface area contributed by atoms with E-state index in [4.69, 9.17) is 9.47 Å². The maximum Gasteiger partial charge on any atom is 0.254 e. The lowest BCUT2D eigenvalue weighted by Gasteiger charge is -2.41. The quantitative estimate of drug-likeness (QED) is 0.641. The van der Waals surface area contributed by atoms with Gasteiger partial charge in [-0.3, -0.25) is 9.59 Å². The van der Waals surface area contributed by atoms with Crippen molar-refractivity contribution in [3.05, 3.63) is 71.0 Å². The van der Waals surface area contributed by atoms with E-state index in [1.54, 1.807) is 43.4 Å². The molecule has 2 atom stereocenters. The molecule has 0 radical (unpaired) electrons. The lowest BCUT2D eigenvalue weighted by Crippen LogP contribution is -2.48. The van der Waals surface area contributed by atoms with Crippen molar-refractivity contribution < 1.29 is 23.5 Å². The summed E-state index contributed by atoms with van der Waals surface area (Å²) in [5.74, 6) is -1.34. The van der Waals surface area contributed by atoms with Crippen LogP contribution in [0.3, 0.4) is 0 Å². The number of amides is 2. The van der Waals surface area contributed by atoms with Gasteiger partial charge in [0.05, 0.1) is 18.6 Å². The van der Waals surface area contributed by atoms with E-state index in [1.807, 2.05) is 12.1 Å². The third-order valence-electron chi connectivity index (χ3n) is 5.29. The van der Waals surface area contributed by atoms with Crippen LogP contribution in [0, 0.1) is 5.82 Å². The van der Waals surface area contributed by atoms with Crippen LogP contribution in [0.5, 0.6) is 0 Å².